The number of hydrogen-bond acceptors (Lipinski definition) is 7. The van der Waals surface area contributed by atoms with Crippen molar-refractivity contribution < 1.29 is 13.2 Å². The van der Waals surface area contributed by atoms with E-state index in [0.717, 1.165) is 5.56 Å². The van der Waals surface area contributed by atoms with Crippen LogP contribution in [0.3, 0.4) is 0 Å². The molecule has 2 heterocycles. The summed E-state index contributed by atoms with van der Waals surface area (Å²) in [5, 5.41) is 3.28. The lowest BCUT2D eigenvalue weighted by Crippen LogP contribution is -2.34. The predicted molar refractivity (Wildman–Crippen MR) is 111 cm³/mol. The molecule has 29 heavy (non-hydrogen) atoms. The molecule has 2 aromatic heterocycles. The number of sulfonamides is 1. The predicted octanol–water partition coefficient (Wildman–Crippen LogP) is 2.23. The van der Waals surface area contributed by atoms with Gasteiger partial charge in [0.05, 0.1) is 10.6 Å². The van der Waals surface area contributed by atoms with Gasteiger partial charge in [0.25, 0.3) is 5.91 Å². The van der Waals surface area contributed by atoms with Crippen LogP contribution >= 0.6 is 11.3 Å². The Kier molecular flexibility index (Phi) is 6.36. The normalized spacial score (nSPS) is 11.4. The van der Waals surface area contributed by atoms with Gasteiger partial charge in [-0.3, -0.25) is 4.79 Å². The van der Waals surface area contributed by atoms with Crippen LogP contribution in [0.1, 0.15) is 26.5 Å². The Morgan fingerprint density at radius 2 is 1.83 bits per heavy atom. The summed E-state index contributed by atoms with van der Waals surface area (Å²) < 4.78 is 27.5. The topological polar surface area (TPSA) is 114 Å². The fraction of sp³-hybridized carbons (Fsp3) is 0.263. The second kappa shape index (κ2) is 8.76. The van der Waals surface area contributed by atoms with Crippen molar-refractivity contribution in [2.24, 2.45) is 0 Å². The van der Waals surface area contributed by atoms with Gasteiger partial charge in [-0.05, 0) is 44.0 Å². The van der Waals surface area contributed by atoms with Crippen molar-refractivity contribution >= 4 is 27.3 Å². The lowest BCUT2D eigenvalue weighted by atomic mass is 10.2. The number of hydrogen-bond donors (Lipinski definition) is 2. The number of rotatable bonds is 7. The Hall–Kier alpha value is -2.69. The molecule has 0 spiro atoms. The number of nitrogens with zero attached hydrogens (tertiary/aromatic N) is 3. The van der Waals surface area contributed by atoms with Crippen LogP contribution in [0.25, 0.3) is 10.8 Å². The monoisotopic (exact) mass is 431 g/mol. The number of thiazole rings is 1. The molecule has 0 aliphatic rings. The Bertz CT molecular complexity index is 1130. The van der Waals surface area contributed by atoms with Gasteiger partial charge in [0, 0.05) is 25.5 Å². The third-order valence-electron chi connectivity index (χ3n) is 4.10. The van der Waals surface area contributed by atoms with E-state index in [1.54, 1.807) is 44.4 Å². The first kappa shape index (κ1) is 21.0. The van der Waals surface area contributed by atoms with Crippen LogP contribution in [0.4, 0.5) is 0 Å². The quantitative estimate of drug-likeness (QED) is 0.555. The maximum atomic E-state index is 12.5. The molecule has 1 amide bonds. The maximum Gasteiger partial charge on any atom is 0.263 e. The molecular formula is C19H21N5O3S2. The first-order valence-electron chi connectivity index (χ1n) is 8.88. The van der Waals surface area contributed by atoms with Gasteiger partial charge in [0.2, 0.25) is 10.0 Å². The van der Waals surface area contributed by atoms with E-state index < -0.39 is 10.0 Å². The second-order valence-corrected chi connectivity index (χ2v) is 9.16. The summed E-state index contributed by atoms with van der Waals surface area (Å²) in [6.07, 6.45) is 3.22. The Balaban J connectivity index is 1.59. The standard InChI is InChI=1S/C19H21N5O3S2/c1-12-5-6-13(2)15(11-12)29(26,27)23-10-9-22-18(25)16-14(3)24-19(28-16)17-20-7-4-8-21-17/h4-8,11,23H,9-10H2,1-3H3,(H,22,25). The maximum absolute atomic E-state index is 12.5. The number of carbonyl (C=O) groups excluding carboxylic acids is 1. The molecule has 3 rings (SSSR count). The molecular weight excluding hydrogens is 410 g/mol. The molecule has 0 aliphatic carbocycles. The molecule has 0 unspecified atom stereocenters. The summed E-state index contributed by atoms with van der Waals surface area (Å²) >= 11 is 1.20. The van der Waals surface area contributed by atoms with Crippen LogP contribution in [0.2, 0.25) is 0 Å². The van der Waals surface area contributed by atoms with Gasteiger partial charge in [-0.1, -0.05) is 12.1 Å². The van der Waals surface area contributed by atoms with Crippen LogP contribution in [-0.4, -0.2) is 42.4 Å². The van der Waals surface area contributed by atoms with Gasteiger partial charge in [-0.25, -0.2) is 28.1 Å². The summed E-state index contributed by atoms with van der Waals surface area (Å²) in [6, 6.07) is 6.97. The summed E-state index contributed by atoms with van der Waals surface area (Å²) in [6.45, 7) is 5.55. The molecule has 3 aromatic rings. The molecule has 152 valence electrons. The average molecular weight is 432 g/mol. The van der Waals surface area contributed by atoms with E-state index >= 15 is 0 Å². The van der Waals surface area contributed by atoms with E-state index in [1.165, 1.54) is 11.3 Å². The summed E-state index contributed by atoms with van der Waals surface area (Å²) in [4.78, 5) is 25.8. The van der Waals surface area contributed by atoms with Crippen LogP contribution in [0.5, 0.6) is 0 Å². The number of carbonyl (C=O) groups is 1. The minimum atomic E-state index is -3.64. The van der Waals surface area contributed by atoms with E-state index in [4.69, 9.17) is 0 Å². The minimum Gasteiger partial charge on any atom is -0.350 e. The highest BCUT2D eigenvalue weighted by Gasteiger charge is 2.19. The zero-order valence-electron chi connectivity index (χ0n) is 16.3. The van der Waals surface area contributed by atoms with Crippen LogP contribution < -0.4 is 10.0 Å². The number of nitrogens with one attached hydrogen (secondary N) is 2. The number of aryl methyl sites for hydroxylation is 3. The van der Waals surface area contributed by atoms with E-state index in [0.29, 0.717) is 27.0 Å². The number of amides is 1. The zero-order chi connectivity index (χ0) is 21.0. The fourth-order valence-corrected chi connectivity index (χ4v) is 4.92. The Morgan fingerprint density at radius 1 is 1.10 bits per heavy atom. The highest BCUT2D eigenvalue weighted by Crippen LogP contribution is 2.24. The average Bonchev–Trinajstić information content (AvgIpc) is 3.09. The van der Waals surface area contributed by atoms with E-state index in [2.05, 4.69) is 25.0 Å². The van der Waals surface area contributed by atoms with Crippen molar-refractivity contribution in [2.75, 3.05) is 13.1 Å². The van der Waals surface area contributed by atoms with E-state index in [1.807, 2.05) is 13.0 Å². The minimum absolute atomic E-state index is 0.0773. The largest absolute Gasteiger partial charge is 0.350 e. The third kappa shape index (κ3) is 5.03. The smallest absolute Gasteiger partial charge is 0.263 e. The van der Waals surface area contributed by atoms with Gasteiger partial charge >= 0.3 is 0 Å². The van der Waals surface area contributed by atoms with E-state index in [9.17, 15) is 13.2 Å². The summed E-state index contributed by atoms with van der Waals surface area (Å²) in [7, 11) is -3.64. The molecule has 8 nitrogen and oxygen atoms in total. The van der Waals surface area contributed by atoms with Gasteiger partial charge in [-0.2, -0.15) is 0 Å². The van der Waals surface area contributed by atoms with Crippen molar-refractivity contribution in [3.63, 3.8) is 0 Å². The van der Waals surface area contributed by atoms with Gasteiger partial charge < -0.3 is 5.32 Å². The van der Waals surface area contributed by atoms with E-state index in [-0.39, 0.29) is 23.9 Å². The van der Waals surface area contributed by atoms with Crippen LogP contribution in [-0.2, 0) is 10.0 Å². The van der Waals surface area contributed by atoms with Crippen molar-refractivity contribution in [1.82, 2.24) is 25.0 Å². The molecule has 0 atom stereocenters. The van der Waals surface area contributed by atoms with Gasteiger partial charge in [-0.15, -0.1) is 11.3 Å². The van der Waals surface area contributed by atoms with Crippen molar-refractivity contribution in [1.29, 1.82) is 0 Å². The summed E-state index contributed by atoms with van der Waals surface area (Å²) in [5.41, 5.74) is 2.11. The number of benzene rings is 1. The fourth-order valence-electron chi connectivity index (χ4n) is 2.63. The lowest BCUT2D eigenvalue weighted by Gasteiger charge is -2.10. The number of aromatic nitrogens is 3. The van der Waals surface area contributed by atoms with Gasteiger partial charge in [0.15, 0.2) is 10.8 Å². The molecule has 0 fully saturated rings. The molecule has 1 aromatic carbocycles. The van der Waals surface area contributed by atoms with Crippen molar-refractivity contribution in [3.8, 4) is 10.8 Å². The molecule has 2 N–H and O–H groups in total. The van der Waals surface area contributed by atoms with Gasteiger partial charge in [0.1, 0.15) is 4.88 Å². The Morgan fingerprint density at radius 3 is 2.55 bits per heavy atom. The summed E-state index contributed by atoms with van der Waals surface area (Å²) in [5.74, 6) is 0.147. The molecule has 10 heteroatoms. The van der Waals surface area contributed by atoms with Crippen molar-refractivity contribution in [2.45, 2.75) is 25.7 Å². The van der Waals surface area contributed by atoms with Crippen LogP contribution in [0.15, 0.2) is 41.6 Å². The first-order valence-corrected chi connectivity index (χ1v) is 11.2. The molecule has 0 aliphatic heterocycles. The highest BCUT2D eigenvalue weighted by molar-refractivity contribution is 7.89. The zero-order valence-corrected chi connectivity index (χ0v) is 17.9. The molecule has 0 bridgehead atoms. The second-order valence-electron chi connectivity index (χ2n) is 6.43. The van der Waals surface area contributed by atoms with Crippen LogP contribution in [0, 0.1) is 20.8 Å². The first-order chi connectivity index (χ1) is 13.8. The molecule has 0 saturated carbocycles. The Labute approximate surface area is 173 Å². The third-order valence-corrected chi connectivity index (χ3v) is 6.85. The van der Waals surface area contributed by atoms with Crippen molar-refractivity contribution in [3.05, 3.63) is 58.4 Å². The lowest BCUT2D eigenvalue weighted by molar-refractivity contribution is 0.0957. The highest BCUT2D eigenvalue weighted by atomic mass is 32.2. The molecule has 0 radical (unpaired) electrons. The molecule has 0 saturated heterocycles. The SMILES string of the molecule is Cc1ccc(C)c(S(=O)(=O)NCCNC(=O)c2sc(-c3ncccn3)nc2C)c1.